The number of carbonyl (C=O) groups is 2. The van der Waals surface area contributed by atoms with Crippen molar-refractivity contribution in [3.05, 3.63) is 48.7 Å². The lowest BCUT2D eigenvalue weighted by atomic mass is 10.2. The maximum absolute atomic E-state index is 12.0. The number of hydrogen-bond acceptors (Lipinski definition) is 4. The fourth-order valence-electron chi connectivity index (χ4n) is 2.27. The van der Waals surface area contributed by atoms with Crippen LogP contribution in [-0.2, 0) is 9.59 Å². The summed E-state index contributed by atoms with van der Waals surface area (Å²) in [6, 6.07) is 12.3. The Morgan fingerprint density at radius 2 is 1.83 bits per heavy atom. The number of ether oxygens (including phenoxy) is 1. The largest absolute Gasteiger partial charge is 0.497 e. The van der Waals surface area contributed by atoms with Gasteiger partial charge in [-0.05, 0) is 30.3 Å². The summed E-state index contributed by atoms with van der Waals surface area (Å²) in [7, 11) is 1.55. The van der Waals surface area contributed by atoms with Crippen molar-refractivity contribution >= 4 is 34.1 Å². The number of benzene rings is 2. The number of aromatic nitrogens is 2. The normalized spacial score (nSPS) is 10.4. The highest BCUT2D eigenvalue weighted by Crippen LogP contribution is 2.18. The number of H-pyrrole nitrogens is 1. The standard InChI is InChI=1S/C17H16N4O3/c1-24-14-4-2-3-12(7-14)19-16(22)9-17(23)20-13-6-5-11-10-18-21-15(11)8-13/h2-8,10H,9H2,1H3,(H,18,21)(H,19,22)(H,20,23). The molecule has 1 heterocycles. The Bertz CT molecular complexity index is 888. The van der Waals surface area contributed by atoms with Gasteiger partial charge < -0.3 is 15.4 Å². The molecule has 0 aliphatic heterocycles. The lowest BCUT2D eigenvalue weighted by Crippen LogP contribution is -2.21. The van der Waals surface area contributed by atoms with Gasteiger partial charge in [-0.1, -0.05) is 6.07 Å². The summed E-state index contributed by atoms with van der Waals surface area (Å²) < 4.78 is 5.09. The van der Waals surface area contributed by atoms with Crippen LogP contribution in [-0.4, -0.2) is 29.1 Å². The van der Waals surface area contributed by atoms with Gasteiger partial charge in [0.05, 0.1) is 18.8 Å². The topological polar surface area (TPSA) is 96.1 Å². The second-order valence-electron chi connectivity index (χ2n) is 5.18. The molecule has 0 bridgehead atoms. The first-order valence-corrected chi connectivity index (χ1v) is 7.31. The molecule has 0 unspecified atom stereocenters. The maximum atomic E-state index is 12.0. The van der Waals surface area contributed by atoms with Crippen molar-refractivity contribution in [2.75, 3.05) is 17.7 Å². The average Bonchev–Trinajstić information content (AvgIpc) is 3.02. The Labute approximate surface area is 138 Å². The van der Waals surface area contributed by atoms with Crippen LogP contribution in [0.1, 0.15) is 6.42 Å². The van der Waals surface area contributed by atoms with E-state index in [4.69, 9.17) is 4.74 Å². The summed E-state index contributed by atoms with van der Waals surface area (Å²) in [4.78, 5) is 23.9. The van der Waals surface area contributed by atoms with E-state index in [1.54, 1.807) is 49.7 Å². The predicted molar refractivity (Wildman–Crippen MR) is 91.0 cm³/mol. The fourth-order valence-corrected chi connectivity index (χ4v) is 2.27. The zero-order valence-corrected chi connectivity index (χ0v) is 13.0. The van der Waals surface area contributed by atoms with Crippen molar-refractivity contribution in [1.82, 2.24) is 10.2 Å². The molecule has 0 fully saturated rings. The quantitative estimate of drug-likeness (QED) is 0.628. The van der Waals surface area contributed by atoms with Crippen LogP contribution in [0.3, 0.4) is 0 Å². The fraction of sp³-hybridized carbons (Fsp3) is 0.118. The van der Waals surface area contributed by atoms with E-state index in [1.807, 2.05) is 6.07 Å². The summed E-state index contributed by atoms with van der Waals surface area (Å²) in [5.74, 6) is -0.164. The molecular formula is C17H16N4O3. The second kappa shape index (κ2) is 6.82. The van der Waals surface area contributed by atoms with Crippen LogP contribution in [0.2, 0.25) is 0 Å². The molecule has 3 aromatic rings. The van der Waals surface area contributed by atoms with E-state index < -0.39 is 11.8 Å². The van der Waals surface area contributed by atoms with Gasteiger partial charge in [-0.3, -0.25) is 14.7 Å². The molecule has 0 aliphatic carbocycles. The van der Waals surface area contributed by atoms with Gasteiger partial charge in [0.2, 0.25) is 11.8 Å². The molecule has 0 radical (unpaired) electrons. The number of fused-ring (bicyclic) bond motifs is 1. The third-order valence-electron chi connectivity index (χ3n) is 3.40. The summed E-state index contributed by atoms with van der Waals surface area (Å²) >= 11 is 0. The van der Waals surface area contributed by atoms with E-state index in [0.29, 0.717) is 17.1 Å². The average molecular weight is 324 g/mol. The summed E-state index contributed by atoms with van der Waals surface area (Å²) in [6.45, 7) is 0. The predicted octanol–water partition coefficient (Wildman–Crippen LogP) is 2.54. The number of hydrogen-bond donors (Lipinski definition) is 3. The molecule has 3 N–H and O–H groups in total. The summed E-state index contributed by atoms with van der Waals surface area (Å²) in [5, 5.41) is 13.0. The monoisotopic (exact) mass is 324 g/mol. The molecule has 0 saturated heterocycles. The van der Waals surface area contributed by atoms with Crippen LogP contribution in [0.4, 0.5) is 11.4 Å². The molecule has 7 nitrogen and oxygen atoms in total. The van der Waals surface area contributed by atoms with Crippen LogP contribution in [0.5, 0.6) is 5.75 Å². The van der Waals surface area contributed by atoms with Gasteiger partial charge in [-0.15, -0.1) is 0 Å². The van der Waals surface area contributed by atoms with Crippen LogP contribution in [0, 0.1) is 0 Å². The first-order valence-electron chi connectivity index (χ1n) is 7.31. The molecule has 3 rings (SSSR count). The number of carbonyl (C=O) groups excluding carboxylic acids is 2. The van der Waals surface area contributed by atoms with Crippen LogP contribution in [0.15, 0.2) is 48.7 Å². The van der Waals surface area contributed by atoms with Crippen LogP contribution < -0.4 is 15.4 Å². The second-order valence-corrected chi connectivity index (χ2v) is 5.18. The third kappa shape index (κ3) is 3.70. The van der Waals surface area contributed by atoms with Gasteiger partial charge in [-0.2, -0.15) is 5.10 Å². The Morgan fingerprint density at radius 1 is 1.08 bits per heavy atom. The Balaban J connectivity index is 1.58. The van der Waals surface area contributed by atoms with E-state index in [0.717, 1.165) is 10.9 Å². The third-order valence-corrected chi connectivity index (χ3v) is 3.40. The van der Waals surface area contributed by atoms with E-state index in [9.17, 15) is 9.59 Å². The van der Waals surface area contributed by atoms with Crippen molar-refractivity contribution in [3.8, 4) is 5.75 Å². The molecule has 24 heavy (non-hydrogen) atoms. The Morgan fingerprint density at radius 3 is 2.58 bits per heavy atom. The van der Waals surface area contributed by atoms with Gasteiger partial charge in [0.15, 0.2) is 0 Å². The van der Waals surface area contributed by atoms with Gasteiger partial charge in [0, 0.05) is 22.8 Å². The minimum Gasteiger partial charge on any atom is -0.497 e. The van der Waals surface area contributed by atoms with Crippen molar-refractivity contribution in [3.63, 3.8) is 0 Å². The highest BCUT2D eigenvalue weighted by molar-refractivity contribution is 6.08. The SMILES string of the molecule is COc1cccc(NC(=O)CC(=O)Nc2ccc3cn[nH]c3c2)c1. The van der Waals surface area contributed by atoms with E-state index >= 15 is 0 Å². The molecular weight excluding hydrogens is 308 g/mol. The molecule has 0 saturated carbocycles. The minimum absolute atomic E-state index is 0.280. The highest BCUT2D eigenvalue weighted by atomic mass is 16.5. The minimum atomic E-state index is -0.400. The van der Waals surface area contributed by atoms with Gasteiger partial charge in [0.1, 0.15) is 12.2 Å². The lowest BCUT2D eigenvalue weighted by Gasteiger charge is -2.08. The van der Waals surface area contributed by atoms with Crippen molar-refractivity contribution in [2.45, 2.75) is 6.42 Å². The summed E-state index contributed by atoms with van der Waals surface area (Å²) in [5.41, 5.74) is 1.99. The van der Waals surface area contributed by atoms with E-state index in [-0.39, 0.29) is 6.42 Å². The number of aromatic amines is 1. The van der Waals surface area contributed by atoms with Gasteiger partial charge in [-0.25, -0.2) is 0 Å². The van der Waals surface area contributed by atoms with E-state index in [1.165, 1.54) is 0 Å². The first-order chi connectivity index (χ1) is 11.6. The van der Waals surface area contributed by atoms with Gasteiger partial charge in [0.25, 0.3) is 0 Å². The molecule has 2 aromatic carbocycles. The molecule has 7 heteroatoms. The number of anilines is 2. The van der Waals surface area contributed by atoms with Crippen LogP contribution in [0.25, 0.3) is 10.9 Å². The molecule has 0 atom stereocenters. The van der Waals surface area contributed by atoms with E-state index in [2.05, 4.69) is 20.8 Å². The first kappa shape index (κ1) is 15.5. The number of amides is 2. The van der Waals surface area contributed by atoms with Gasteiger partial charge >= 0.3 is 0 Å². The molecule has 1 aromatic heterocycles. The number of methoxy groups -OCH3 is 1. The highest BCUT2D eigenvalue weighted by Gasteiger charge is 2.11. The zero-order chi connectivity index (χ0) is 16.9. The number of nitrogens with zero attached hydrogens (tertiary/aromatic N) is 1. The smallest absolute Gasteiger partial charge is 0.233 e. The molecule has 122 valence electrons. The van der Waals surface area contributed by atoms with Crippen molar-refractivity contribution in [1.29, 1.82) is 0 Å². The number of rotatable bonds is 5. The summed E-state index contributed by atoms with van der Waals surface area (Å²) in [6.07, 6.45) is 1.42. The Kier molecular flexibility index (Phi) is 4.42. The lowest BCUT2D eigenvalue weighted by molar-refractivity contribution is -0.123. The van der Waals surface area contributed by atoms with Crippen molar-refractivity contribution < 1.29 is 14.3 Å². The number of nitrogens with one attached hydrogen (secondary N) is 3. The zero-order valence-electron chi connectivity index (χ0n) is 13.0. The molecule has 0 aliphatic rings. The molecule has 0 spiro atoms. The Hall–Kier alpha value is -3.35. The van der Waals surface area contributed by atoms with Crippen molar-refractivity contribution in [2.24, 2.45) is 0 Å². The molecule has 2 amide bonds. The maximum Gasteiger partial charge on any atom is 0.233 e. The van der Waals surface area contributed by atoms with Crippen LogP contribution >= 0.6 is 0 Å².